The number of fused-ring (bicyclic) bond motifs is 3. The molecule has 0 spiro atoms. The highest BCUT2D eigenvalue weighted by atomic mass is 16.6. The summed E-state index contributed by atoms with van der Waals surface area (Å²) >= 11 is 0. The van der Waals surface area contributed by atoms with Gasteiger partial charge in [-0.25, -0.2) is 9.59 Å². The molecular weight excluding hydrogens is 620 g/mol. The highest BCUT2D eigenvalue weighted by molar-refractivity contribution is 5.88. The number of aliphatic hydroxyl groups excluding tert-OH is 2. The second kappa shape index (κ2) is 15.8. The van der Waals surface area contributed by atoms with Crippen LogP contribution in [-0.2, 0) is 24.5 Å². The van der Waals surface area contributed by atoms with Crippen LogP contribution in [0.25, 0.3) is 11.1 Å². The summed E-state index contributed by atoms with van der Waals surface area (Å²) in [7, 11) is 0. The maximum absolute atomic E-state index is 12.0. The second-order valence-corrected chi connectivity index (χ2v) is 12.2. The van der Waals surface area contributed by atoms with Gasteiger partial charge in [-0.1, -0.05) is 86.0 Å². The SMILES string of the molecule is C=C(C)C(=O)OCC(CCO)Oc1ccc(C2(c3ccc(OC(CCO)COC(=O)C(=C)C)cc3)c3ccccc3-c3ccccc32)cc1. The average Bonchev–Trinajstić information content (AvgIpc) is 3.41. The van der Waals surface area contributed by atoms with Gasteiger partial charge in [0, 0.05) is 37.2 Å². The van der Waals surface area contributed by atoms with Crippen LogP contribution in [0.1, 0.15) is 48.9 Å². The Morgan fingerprint density at radius 3 is 1.33 bits per heavy atom. The maximum atomic E-state index is 12.0. The molecule has 0 bridgehead atoms. The molecule has 0 fully saturated rings. The van der Waals surface area contributed by atoms with E-state index in [9.17, 15) is 19.8 Å². The van der Waals surface area contributed by atoms with E-state index in [-0.39, 0.29) is 26.4 Å². The molecule has 49 heavy (non-hydrogen) atoms. The second-order valence-electron chi connectivity index (χ2n) is 12.2. The molecule has 0 aliphatic heterocycles. The topological polar surface area (TPSA) is 112 Å². The predicted molar refractivity (Wildman–Crippen MR) is 188 cm³/mol. The van der Waals surface area contributed by atoms with Crippen molar-refractivity contribution in [3.05, 3.63) is 144 Å². The lowest BCUT2D eigenvalue weighted by molar-refractivity contribution is -0.142. The van der Waals surface area contributed by atoms with Gasteiger partial charge in [-0.3, -0.25) is 0 Å². The molecule has 0 heterocycles. The van der Waals surface area contributed by atoms with E-state index in [1.165, 1.54) is 0 Å². The van der Waals surface area contributed by atoms with E-state index in [2.05, 4.69) is 37.4 Å². The third-order valence-electron chi connectivity index (χ3n) is 8.53. The van der Waals surface area contributed by atoms with E-state index >= 15 is 0 Å². The van der Waals surface area contributed by atoms with Crippen LogP contribution in [0.5, 0.6) is 11.5 Å². The van der Waals surface area contributed by atoms with Gasteiger partial charge in [-0.05, 0) is 71.5 Å². The number of ether oxygens (including phenoxy) is 4. The Labute approximate surface area is 287 Å². The molecule has 4 aromatic rings. The molecule has 4 aromatic carbocycles. The van der Waals surface area contributed by atoms with Crippen molar-refractivity contribution in [2.24, 2.45) is 0 Å². The van der Waals surface area contributed by atoms with Gasteiger partial charge in [0.25, 0.3) is 0 Å². The van der Waals surface area contributed by atoms with Crippen LogP contribution < -0.4 is 9.47 Å². The Kier molecular flexibility index (Phi) is 11.3. The molecule has 0 amide bonds. The van der Waals surface area contributed by atoms with Gasteiger partial charge >= 0.3 is 11.9 Å². The molecule has 1 aliphatic rings. The fourth-order valence-corrected chi connectivity index (χ4v) is 6.20. The van der Waals surface area contributed by atoms with Crippen LogP contribution in [0.4, 0.5) is 0 Å². The lowest BCUT2D eigenvalue weighted by Gasteiger charge is -2.34. The van der Waals surface area contributed by atoms with Crippen LogP contribution in [0.2, 0.25) is 0 Å². The molecule has 2 atom stereocenters. The van der Waals surface area contributed by atoms with Gasteiger partial charge in [0.05, 0.1) is 5.41 Å². The number of carbonyl (C=O) groups is 2. The van der Waals surface area contributed by atoms with Gasteiger partial charge in [0.2, 0.25) is 0 Å². The lowest BCUT2D eigenvalue weighted by atomic mass is 9.68. The van der Waals surface area contributed by atoms with Gasteiger partial charge < -0.3 is 29.2 Å². The number of hydrogen-bond donors (Lipinski definition) is 2. The van der Waals surface area contributed by atoms with Crippen molar-refractivity contribution in [1.29, 1.82) is 0 Å². The molecular formula is C41H42O8. The fraction of sp³-hybridized carbons (Fsp3) is 0.268. The molecule has 0 radical (unpaired) electrons. The highest BCUT2D eigenvalue weighted by Gasteiger charge is 2.45. The molecule has 0 saturated carbocycles. The average molecular weight is 663 g/mol. The van der Waals surface area contributed by atoms with Crippen molar-refractivity contribution in [2.75, 3.05) is 26.4 Å². The minimum Gasteiger partial charge on any atom is -0.487 e. The molecule has 254 valence electrons. The van der Waals surface area contributed by atoms with E-state index < -0.39 is 29.6 Å². The van der Waals surface area contributed by atoms with Crippen molar-refractivity contribution in [3.8, 4) is 22.6 Å². The van der Waals surface area contributed by atoms with Crippen LogP contribution in [0.3, 0.4) is 0 Å². The van der Waals surface area contributed by atoms with Crippen LogP contribution in [0, 0.1) is 0 Å². The van der Waals surface area contributed by atoms with Crippen molar-refractivity contribution in [3.63, 3.8) is 0 Å². The standard InChI is InChI=1S/C41H42O8/c1-27(2)39(44)46-25-33(21-23-42)48-31-17-13-29(14-18-31)41(37-11-7-5-9-35(37)36-10-6-8-12-38(36)41)30-15-19-32(20-16-30)49-34(22-24-43)26-47-40(45)28(3)4/h5-20,33-34,42-43H,1,3,21-26H2,2,4H3. The summed E-state index contributed by atoms with van der Waals surface area (Å²) in [6, 6.07) is 32.5. The van der Waals surface area contributed by atoms with E-state index in [0.29, 0.717) is 35.5 Å². The molecule has 5 rings (SSSR count). The number of esters is 2. The van der Waals surface area contributed by atoms with Crippen molar-refractivity contribution in [2.45, 2.75) is 44.3 Å². The third-order valence-corrected chi connectivity index (χ3v) is 8.53. The molecule has 1 aliphatic carbocycles. The smallest absolute Gasteiger partial charge is 0.333 e. The zero-order valence-corrected chi connectivity index (χ0v) is 27.9. The zero-order valence-electron chi connectivity index (χ0n) is 27.9. The third kappa shape index (κ3) is 7.61. The molecule has 8 heteroatoms. The van der Waals surface area contributed by atoms with Gasteiger partial charge in [0.15, 0.2) is 0 Å². The molecule has 0 aromatic heterocycles. The highest BCUT2D eigenvalue weighted by Crippen LogP contribution is 2.56. The van der Waals surface area contributed by atoms with Gasteiger partial charge in [-0.2, -0.15) is 0 Å². The Morgan fingerprint density at radius 2 is 0.980 bits per heavy atom. The Bertz CT molecular complexity index is 1660. The number of hydrogen-bond acceptors (Lipinski definition) is 8. The lowest BCUT2D eigenvalue weighted by Crippen LogP contribution is -2.29. The van der Waals surface area contributed by atoms with Crippen LogP contribution in [-0.4, -0.2) is 60.8 Å². The largest absolute Gasteiger partial charge is 0.487 e. The number of aliphatic hydroxyl groups is 2. The normalized spacial score (nSPS) is 13.7. The minimum absolute atomic E-state index is 0.0113. The summed E-state index contributed by atoms with van der Waals surface area (Å²) in [4.78, 5) is 23.9. The summed E-state index contributed by atoms with van der Waals surface area (Å²) < 4.78 is 22.9. The maximum Gasteiger partial charge on any atom is 0.333 e. The number of carbonyl (C=O) groups excluding carboxylic acids is 2. The summed E-state index contributed by atoms with van der Waals surface area (Å²) in [5, 5.41) is 19.2. The van der Waals surface area contributed by atoms with Crippen LogP contribution in [0.15, 0.2) is 121 Å². The quantitative estimate of drug-likeness (QED) is 0.0905. The summed E-state index contributed by atoms with van der Waals surface area (Å²) in [6.07, 6.45) is -0.486. The van der Waals surface area contributed by atoms with Crippen molar-refractivity contribution < 1.29 is 38.7 Å². The first kappa shape index (κ1) is 35.1. The van der Waals surface area contributed by atoms with E-state index in [1.807, 2.05) is 72.8 Å². The minimum atomic E-state index is -0.673. The summed E-state index contributed by atoms with van der Waals surface area (Å²) in [5.41, 5.74) is 6.50. The predicted octanol–water partition coefficient (Wildman–Crippen LogP) is 6.55. The van der Waals surface area contributed by atoms with Crippen molar-refractivity contribution >= 4 is 11.9 Å². The summed E-state index contributed by atoms with van der Waals surface area (Å²) in [6.45, 7) is 10.1. The fourth-order valence-electron chi connectivity index (χ4n) is 6.20. The summed E-state index contributed by atoms with van der Waals surface area (Å²) in [5.74, 6) is 0.145. The first-order chi connectivity index (χ1) is 23.7. The first-order valence-corrected chi connectivity index (χ1v) is 16.3. The van der Waals surface area contributed by atoms with E-state index in [0.717, 1.165) is 33.4 Å². The first-order valence-electron chi connectivity index (χ1n) is 16.3. The van der Waals surface area contributed by atoms with Crippen molar-refractivity contribution in [1.82, 2.24) is 0 Å². The Morgan fingerprint density at radius 1 is 0.612 bits per heavy atom. The molecule has 2 unspecified atom stereocenters. The number of rotatable bonds is 16. The van der Waals surface area contributed by atoms with Gasteiger partial charge in [0.1, 0.15) is 36.9 Å². The van der Waals surface area contributed by atoms with E-state index in [1.54, 1.807) is 13.8 Å². The molecule has 0 saturated heterocycles. The molecule has 2 N–H and O–H groups in total. The molecule has 8 nitrogen and oxygen atoms in total. The number of benzene rings is 4. The van der Waals surface area contributed by atoms with Crippen LogP contribution >= 0.6 is 0 Å². The zero-order chi connectivity index (χ0) is 35.0. The Hall–Kier alpha value is -5.18. The Balaban J connectivity index is 1.50. The monoisotopic (exact) mass is 662 g/mol. The van der Waals surface area contributed by atoms with E-state index in [4.69, 9.17) is 18.9 Å². The van der Waals surface area contributed by atoms with Gasteiger partial charge in [-0.15, -0.1) is 0 Å².